The second-order valence-electron chi connectivity index (χ2n) is 2.33. The largest absolute Gasteiger partial charge is 0.383 e. The molecule has 58 valence electrons. The lowest BCUT2D eigenvalue weighted by Crippen LogP contribution is -2.23. The number of aliphatic hydroxyl groups is 1. The van der Waals surface area contributed by atoms with E-state index in [0.29, 0.717) is 0 Å². The van der Waals surface area contributed by atoms with Crippen molar-refractivity contribution in [1.29, 1.82) is 0 Å². The number of hydrogen-bond acceptors (Lipinski definition) is 3. The average molecular weight is 144 g/mol. The molecule has 1 atom stereocenters. The fourth-order valence-electron chi connectivity index (χ4n) is 0.443. The van der Waals surface area contributed by atoms with Gasteiger partial charge in [0.2, 0.25) is 0 Å². The maximum Gasteiger partial charge on any atom is 0.292 e. The molecule has 0 aromatic carbocycles. The summed E-state index contributed by atoms with van der Waals surface area (Å²) < 4.78 is 0. The van der Waals surface area contributed by atoms with E-state index >= 15 is 0 Å². The molecule has 0 saturated heterocycles. The molecule has 0 aliphatic carbocycles. The number of aliphatic hydroxyl groups excluding tert-OH is 1. The second kappa shape index (κ2) is 4.11. The van der Waals surface area contributed by atoms with Gasteiger partial charge in [0.05, 0.1) is 0 Å². The van der Waals surface area contributed by atoms with Gasteiger partial charge in [-0.15, -0.1) is 5.11 Å². The smallest absolute Gasteiger partial charge is 0.292 e. The number of carbonyl (C=O) groups is 1. The van der Waals surface area contributed by atoms with E-state index in [1.54, 1.807) is 13.8 Å². The zero-order valence-electron chi connectivity index (χ0n) is 6.40. The highest BCUT2D eigenvalue weighted by Gasteiger charge is 2.17. The maximum absolute atomic E-state index is 10.7. The van der Waals surface area contributed by atoms with E-state index in [2.05, 4.69) is 10.2 Å². The number of rotatable bonds is 2. The van der Waals surface area contributed by atoms with Gasteiger partial charge in [0.15, 0.2) is 0 Å². The zero-order chi connectivity index (χ0) is 8.15. The van der Waals surface area contributed by atoms with Crippen LogP contribution in [-0.4, -0.2) is 24.2 Å². The first-order valence-electron chi connectivity index (χ1n) is 3.11. The van der Waals surface area contributed by atoms with Gasteiger partial charge in [0.1, 0.15) is 6.10 Å². The molecule has 0 rings (SSSR count). The van der Waals surface area contributed by atoms with E-state index in [-0.39, 0.29) is 5.92 Å². The minimum atomic E-state index is -1.01. The summed E-state index contributed by atoms with van der Waals surface area (Å²) in [7, 11) is 1.39. The number of amides is 1. The summed E-state index contributed by atoms with van der Waals surface area (Å²) in [5.74, 6) is -0.671. The molecule has 10 heavy (non-hydrogen) atoms. The summed E-state index contributed by atoms with van der Waals surface area (Å²) in [4.78, 5) is 10.7. The van der Waals surface area contributed by atoms with Crippen molar-refractivity contribution in [2.75, 3.05) is 7.05 Å². The minimum absolute atomic E-state index is 0.0991. The van der Waals surface area contributed by atoms with Crippen LogP contribution in [-0.2, 0) is 4.79 Å². The highest BCUT2D eigenvalue weighted by Crippen LogP contribution is 2.02. The quantitative estimate of drug-likeness (QED) is 0.577. The third-order valence-corrected chi connectivity index (χ3v) is 1.08. The van der Waals surface area contributed by atoms with Crippen molar-refractivity contribution in [3.05, 3.63) is 0 Å². The summed E-state index contributed by atoms with van der Waals surface area (Å²) in [5, 5.41) is 15.5. The third kappa shape index (κ3) is 2.68. The first kappa shape index (κ1) is 9.23. The molecule has 4 nitrogen and oxygen atoms in total. The number of carbonyl (C=O) groups excluding carboxylic acids is 1. The molecule has 1 N–H and O–H groups in total. The summed E-state index contributed by atoms with van der Waals surface area (Å²) in [5.41, 5.74) is 0. The van der Waals surface area contributed by atoms with Crippen molar-refractivity contribution in [3.63, 3.8) is 0 Å². The fourth-order valence-corrected chi connectivity index (χ4v) is 0.443. The van der Waals surface area contributed by atoms with Gasteiger partial charge in [0.25, 0.3) is 5.91 Å². The lowest BCUT2D eigenvalue weighted by Gasteiger charge is -2.07. The summed E-state index contributed by atoms with van der Waals surface area (Å²) in [6.07, 6.45) is -1.01. The molecule has 0 radical (unpaired) electrons. The van der Waals surface area contributed by atoms with E-state index in [1.807, 2.05) is 0 Å². The molecule has 1 unspecified atom stereocenters. The Kier molecular flexibility index (Phi) is 3.79. The molecule has 0 spiro atoms. The Morgan fingerprint density at radius 2 is 2.00 bits per heavy atom. The Labute approximate surface area is 60.0 Å². The topological polar surface area (TPSA) is 62.0 Å². The number of azo groups is 1. The van der Waals surface area contributed by atoms with Gasteiger partial charge >= 0.3 is 0 Å². The van der Waals surface area contributed by atoms with Crippen LogP contribution in [0.2, 0.25) is 0 Å². The van der Waals surface area contributed by atoms with Crippen LogP contribution >= 0.6 is 0 Å². The first-order valence-corrected chi connectivity index (χ1v) is 3.11. The zero-order valence-corrected chi connectivity index (χ0v) is 6.40. The Bertz CT molecular complexity index is 143. The van der Waals surface area contributed by atoms with E-state index in [1.165, 1.54) is 7.05 Å². The van der Waals surface area contributed by atoms with Crippen LogP contribution in [0, 0.1) is 5.92 Å². The normalized spacial score (nSPS) is 14.5. The lowest BCUT2D eigenvalue weighted by atomic mass is 10.1. The Balaban J connectivity index is 3.95. The summed E-state index contributed by atoms with van der Waals surface area (Å²) in [6.45, 7) is 3.49. The van der Waals surface area contributed by atoms with Gasteiger partial charge < -0.3 is 5.11 Å². The number of nitrogens with zero attached hydrogens (tertiary/aromatic N) is 2. The van der Waals surface area contributed by atoms with Gasteiger partial charge in [-0.2, -0.15) is 5.11 Å². The molecule has 0 aromatic heterocycles. The third-order valence-electron chi connectivity index (χ3n) is 1.08. The molecule has 0 saturated carbocycles. The van der Waals surface area contributed by atoms with Gasteiger partial charge in [-0.1, -0.05) is 13.8 Å². The van der Waals surface area contributed by atoms with Crippen LogP contribution in [0.15, 0.2) is 10.2 Å². The van der Waals surface area contributed by atoms with Crippen molar-refractivity contribution < 1.29 is 9.90 Å². The molecule has 1 amide bonds. The Hall–Kier alpha value is -0.770. The van der Waals surface area contributed by atoms with Crippen LogP contribution in [0.5, 0.6) is 0 Å². The molecule has 0 aromatic rings. The number of hydrogen-bond donors (Lipinski definition) is 1. The van der Waals surface area contributed by atoms with E-state index in [9.17, 15) is 4.79 Å². The SMILES string of the molecule is CN=NC(=O)C(O)C(C)C. The van der Waals surface area contributed by atoms with Crippen LogP contribution in [0.4, 0.5) is 0 Å². The van der Waals surface area contributed by atoms with Crippen molar-refractivity contribution in [3.8, 4) is 0 Å². The minimum Gasteiger partial charge on any atom is -0.383 e. The molecular weight excluding hydrogens is 132 g/mol. The van der Waals surface area contributed by atoms with Crippen molar-refractivity contribution in [1.82, 2.24) is 0 Å². The molecule has 0 aliphatic rings. The molecule has 4 heteroatoms. The van der Waals surface area contributed by atoms with E-state index in [0.717, 1.165) is 0 Å². The van der Waals surface area contributed by atoms with Crippen molar-refractivity contribution in [2.24, 2.45) is 16.1 Å². The van der Waals surface area contributed by atoms with Crippen molar-refractivity contribution >= 4 is 5.91 Å². The lowest BCUT2D eigenvalue weighted by molar-refractivity contribution is -0.128. The van der Waals surface area contributed by atoms with Crippen LogP contribution in [0.1, 0.15) is 13.8 Å². The first-order chi connectivity index (χ1) is 4.59. The van der Waals surface area contributed by atoms with Crippen LogP contribution in [0.3, 0.4) is 0 Å². The summed E-state index contributed by atoms with van der Waals surface area (Å²) >= 11 is 0. The van der Waals surface area contributed by atoms with Gasteiger partial charge in [-0.25, -0.2) is 0 Å². The molecule has 0 fully saturated rings. The van der Waals surface area contributed by atoms with E-state index in [4.69, 9.17) is 5.11 Å². The monoisotopic (exact) mass is 144 g/mol. The second-order valence-corrected chi connectivity index (χ2v) is 2.33. The predicted molar refractivity (Wildman–Crippen MR) is 36.6 cm³/mol. The molecule has 0 bridgehead atoms. The van der Waals surface area contributed by atoms with E-state index < -0.39 is 12.0 Å². The van der Waals surface area contributed by atoms with Gasteiger partial charge in [-0.3, -0.25) is 4.79 Å². The average Bonchev–Trinajstić information content (AvgIpc) is 1.87. The summed E-state index contributed by atoms with van der Waals surface area (Å²) in [6, 6.07) is 0. The molecule has 0 aliphatic heterocycles. The standard InChI is InChI=1S/C6H12N2O2/c1-4(2)5(9)6(10)8-7-3/h4-5,9H,1-3H3. The maximum atomic E-state index is 10.7. The van der Waals surface area contributed by atoms with Gasteiger partial charge in [-0.05, 0) is 5.92 Å². The molecular formula is C6H12N2O2. The Morgan fingerprint density at radius 1 is 1.50 bits per heavy atom. The highest BCUT2D eigenvalue weighted by molar-refractivity contribution is 5.80. The van der Waals surface area contributed by atoms with Gasteiger partial charge in [0, 0.05) is 7.05 Å². The van der Waals surface area contributed by atoms with Crippen LogP contribution < -0.4 is 0 Å². The predicted octanol–water partition coefficient (Wildman–Crippen LogP) is 0.612. The van der Waals surface area contributed by atoms with Crippen LogP contribution in [0.25, 0.3) is 0 Å². The molecule has 0 heterocycles. The Morgan fingerprint density at radius 3 is 2.30 bits per heavy atom. The fraction of sp³-hybridized carbons (Fsp3) is 0.833. The highest BCUT2D eigenvalue weighted by atomic mass is 16.3. The van der Waals surface area contributed by atoms with Crippen molar-refractivity contribution in [2.45, 2.75) is 20.0 Å².